The highest BCUT2D eigenvalue weighted by Gasteiger charge is 2.57. The van der Waals surface area contributed by atoms with Crippen molar-refractivity contribution in [2.45, 2.75) is 87.4 Å². The lowest BCUT2D eigenvalue weighted by atomic mass is 9.67. The third-order valence-corrected chi connectivity index (χ3v) is 12.0. The molecular formula is C28H44N4O4S. The molecule has 2 aliphatic heterocycles. The van der Waals surface area contributed by atoms with Crippen LogP contribution in [0.25, 0.3) is 0 Å². The van der Waals surface area contributed by atoms with Crippen molar-refractivity contribution in [2.24, 2.45) is 0 Å². The van der Waals surface area contributed by atoms with Gasteiger partial charge in [-0.05, 0) is 84.9 Å². The molecule has 0 bridgehead atoms. The predicted octanol–water partition coefficient (Wildman–Crippen LogP) is 3.22. The first-order chi connectivity index (χ1) is 17.3. The van der Waals surface area contributed by atoms with Gasteiger partial charge in [-0.15, -0.1) is 0 Å². The molecule has 1 aromatic carbocycles. The molecule has 8 nitrogen and oxygen atoms in total. The average Bonchev–Trinajstić information content (AvgIpc) is 3.31. The van der Waals surface area contributed by atoms with E-state index in [0.29, 0.717) is 32.6 Å². The van der Waals surface area contributed by atoms with Crippen LogP contribution >= 0.6 is 0 Å². The molecule has 9 heteroatoms. The van der Waals surface area contributed by atoms with E-state index in [2.05, 4.69) is 43.3 Å². The van der Waals surface area contributed by atoms with Crippen molar-refractivity contribution in [3.8, 4) is 0 Å². The number of rotatable bonds is 7. The van der Waals surface area contributed by atoms with Gasteiger partial charge in [-0.1, -0.05) is 30.3 Å². The first kappa shape index (κ1) is 26.9. The molecule has 37 heavy (non-hydrogen) atoms. The topological polar surface area (TPSA) is 84.4 Å². The molecule has 0 radical (unpaired) electrons. The predicted molar refractivity (Wildman–Crippen MR) is 145 cm³/mol. The van der Waals surface area contributed by atoms with Crippen LogP contribution in [-0.2, 0) is 15.6 Å². The smallest absolute Gasteiger partial charge is 0.320 e. The molecule has 1 spiro atoms. The maximum Gasteiger partial charge on any atom is 0.320 e. The Kier molecular flexibility index (Phi) is 6.70. The minimum absolute atomic E-state index is 0.0536. The van der Waals surface area contributed by atoms with Crippen molar-refractivity contribution in [2.75, 3.05) is 46.0 Å². The monoisotopic (exact) mass is 532 g/mol. The fourth-order valence-electron chi connectivity index (χ4n) is 7.44. The summed E-state index contributed by atoms with van der Waals surface area (Å²) in [5.74, 6) is 0.180. The van der Waals surface area contributed by atoms with E-state index in [1.165, 1.54) is 5.56 Å². The van der Waals surface area contributed by atoms with Gasteiger partial charge in [-0.3, -0.25) is 4.90 Å². The zero-order valence-corrected chi connectivity index (χ0v) is 23.8. The van der Waals surface area contributed by atoms with E-state index in [-0.39, 0.29) is 22.9 Å². The summed E-state index contributed by atoms with van der Waals surface area (Å²) in [6.07, 6.45) is 6.63. The first-order valence-corrected chi connectivity index (χ1v) is 15.5. The number of hydrogen-bond acceptors (Lipinski definition) is 5. The maximum atomic E-state index is 14.0. The molecule has 4 fully saturated rings. The molecular weight excluding hydrogens is 488 g/mol. The molecule has 0 aromatic heterocycles. The Morgan fingerprint density at radius 2 is 1.65 bits per heavy atom. The number of hydrogen-bond donors (Lipinski definition) is 1. The Balaban J connectivity index is 1.42. The van der Waals surface area contributed by atoms with Gasteiger partial charge in [0.05, 0.1) is 23.4 Å². The van der Waals surface area contributed by atoms with Crippen LogP contribution in [0.15, 0.2) is 30.3 Å². The van der Waals surface area contributed by atoms with Gasteiger partial charge in [-0.2, -0.15) is 4.31 Å². The van der Waals surface area contributed by atoms with Gasteiger partial charge in [-0.25, -0.2) is 13.2 Å². The quantitative estimate of drug-likeness (QED) is 0.583. The van der Waals surface area contributed by atoms with Gasteiger partial charge >= 0.3 is 6.03 Å². The Morgan fingerprint density at radius 1 is 1.00 bits per heavy atom. The Bertz CT molecular complexity index is 1110. The second-order valence-corrected chi connectivity index (χ2v) is 14.9. The number of urea groups is 1. The Hall–Kier alpha value is -1.68. The lowest BCUT2D eigenvalue weighted by molar-refractivity contribution is -0.0725. The van der Waals surface area contributed by atoms with Gasteiger partial charge in [0.1, 0.15) is 0 Å². The number of nitrogens with zero attached hydrogens (tertiary/aromatic N) is 4. The summed E-state index contributed by atoms with van der Waals surface area (Å²) in [6, 6.07) is 10.6. The van der Waals surface area contributed by atoms with Crippen LogP contribution < -0.4 is 0 Å². The molecule has 2 saturated carbocycles. The number of carbonyl (C=O) groups is 1. The number of β-amino-alcohol motifs (C(OH)–C–C–N with tert-alkyl or cyclic N) is 1. The SMILES string of the molecule is CN(C)C1(c2ccccc2)CCC2(CC1)CN(CC(C)(C)N1CCCS1(=O)=O)C(=O)N2CC1(O)CCC1. The van der Waals surface area contributed by atoms with E-state index in [0.717, 1.165) is 44.9 Å². The van der Waals surface area contributed by atoms with Gasteiger partial charge in [0.15, 0.2) is 0 Å². The molecule has 1 aromatic rings. The number of amides is 2. The van der Waals surface area contributed by atoms with Gasteiger partial charge in [0.25, 0.3) is 0 Å². The Labute approximate surface area is 222 Å². The van der Waals surface area contributed by atoms with Crippen LogP contribution in [0.3, 0.4) is 0 Å². The molecule has 2 aliphatic carbocycles. The summed E-state index contributed by atoms with van der Waals surface area (Å²) in [6.45, 7) is 5.69. The third-order valence-electron chi connectivity index (χ3n) is 9.82. The average molecular weight is 533 g/mol. The minimum Gasteiger partial charge on any atom is -0.388 e. The molecule has 4 aliphatic rings. The highest BCUT2D eigenvalue weighted by molar-refractivity contribution is 7.89. The lowest BCUT2D eigenvalue weighted by Crippen LogP contribution is -2.59. The summed E-state index contributed by atoms with van der Waals surface area (Å²) in [5, 5.41) is 11.1. The van der Waals surface area contributed by atoms with E-state index in [9.17, 15) is 18.3 Å². The second kappa shape index (κ2) is 9.21. The lowest BCUT2D eigenvalue weighted by Gasteiger charge is -2.52. The van der Waals surface area contributed by atoms with Gasteiger partial charge in [0, 0.05) is 30.7 Å². The van der Waals surface area contributed by atoms with Gasteiger partial charge < -0.3 is 14.9 Å². The van der Waals surface area contributed by atoms with Crippen LogP contribution in [-0.4, -0.2) is 101 Å². The summed E-state index contributed by atoms with van der Waals surface area (Å²) >= 11 is 0. The van der Waals surface area contributed by atoms with E-state index < -0.39 is 21.2 Å². The van der Waals surface area contributed by atoms with Gasteiger partial charge in [0.2, 0.25) is 10.0 Å². The standard InChI is InChI=1S/C28H44N4O4S/c1-25(2,32-18-9-19-37(32,35)36)20-30-21-26(31(24(30)33)22-27(34)12-8-13-27)14-16-28(17-15-26,29(3)4)23-10-6-5-7-11-23/h5-7,10-11,34H,8-9,12-22H2,1-4H3. The van der Waals surface area contributed by atoms with Crippen LogP contribution in [0, 0.1) is 0 Å². The molecule has 1 N–H and O–H groups in total. The van der Waals surface area contributed by atoms with Crippen LogP contribution in [0.2, 0.25) is 0 Å². The van der Waals surface area contributed by atoms with E-state index in [1.54, 1.807) is 4.31 Å². The summed E-state index contributed by atoms with van der Waals surface area (Å²) < 4.78 is 27.0. The van der Waals surface area contributed by atoms with Crippen molar-refractivity contribution >= 4 is 16.1 Å². The zero-order chi connectivity index (χ0) is 26.7. The maximum absolute atomic E-state index is 14.0. The van der Waals surface area contributed by atoms with E-state index in [4.69, 9.17) is 0 Å². The molecule has 0 atom stereocenters. The molecule has 2 heterocycles. The van der Waals surface area contributed by atoms with Crippen molar-refractivity contribution in [1.29, 1.82) is 0 Å². The van der Waals surface area contributed by atoms with Crippen molar-refractivity contribution < 1.29 is 18.3 Å². The normalized spacial score (nSPS) is 31.9. The number of benzene rings is 1. The minimum atomic E-state index is -3.29. The number of sulfonamides is 1. The number of carbonyl (C=O) groups excluding carboxylic acids is 1. The summed E-state index contributed by atoms with van der Waals surface area (Å²) in [4.78, 5) is 20.2. The number of aliphatic hydroxyl groups is 1. The molecule has 0 unspecified atom stereocenters. The van der Waals surface area contributed by atoms with Crippen LogP contribution in [0.4, 0.5) is 4.79 Å². The van der Waals surface area contributed by atoms with E-state index in [1.807, 2.05) is 29.7 Å². The van der Waals surface area contributed by atoms with Crippen LogP contribution in [0.5, 0.6) is 0 Å². The largest absolute Gasteiger partial charge is 0.388 e. The van der Waals surface area contributed by atoms with Crippen LogP contribution in [0.1, 0.15) is 70.8 Å². The summed E-state index contributed by atoms with van der Waals surface area (Å²) in [7, 11) is 0.994. The molecule has 206 valence electrons. The zero-order valence-electron chi connectivity index (χ0n) is 22.9. The second-order valence-electron chi connectivity index (χ2n) is 12.9. The van der Waals surface area contributed by atoms with E-state index >= 15 is 0 Å². The Morgan fingerprint density at radius 3 is 2.16 bits per heavy atom. The highest BCUT2D eigenvalue weighted by atomic mass is 32.2. The molecule has 5 rings (SSSR count). The fraction of sp³-hybridized carbons (Fsp3) is 0.750. The molecule has 2 amide bonds. The third kappa shape index (κ3) is 4.60. The highest BCUT2D eigenvalue weighted by Crippen LogP contribution is 2.50. The van der Waals surface area contributed by atoms with Crippen molar-refractivity contribution in [3.63, 3.8) is 0 Å². The first-order valence-electron chi connectivity index (χ1n) is 13.9. The summed E-state index contributed by atoms with van der Waals surface area (Å²) in [5.41, 5.74) is -0.619. The molecule has 2 saturated heterocycles. The van der Waals surface area contributed by atoms with Crippen molar-refractivity contribution in [3.05, 3.63) is 35.9 Å². The van der Waals surface area contributed by atoms with Crippen molar-refractivity contribution in [1.82, 2.24) is 19.0 Å². The fourth-order valence-corrected chi connectivity index (χ4v) is 9.37.